The van der Waals surface area contributed by atoms with Gasteiger partial charge >= 0.3 is 0 Å². The summed E-state index contributed by atoms with van der Waals surface area (Å²) in [6.45, 7) is 3.87. The predicted molar refractivity (Wildman–Crippen MR) is 67.1 cm³/mol. The number of halogens is 1. The van der Waals surface area contributed by atoms with E-state index in [1.165, 1.54) is 6.20 Å². The molecular formula is C12H14ClN3O2. The molecule has 0 radical (unpaired) electrons. The van der Waals surface area contributed by atoms with Crippen LogP contribution in [0, 0.1) is 5.92 Å². The summed E-state index contributed by atoms with van der Waals surface area (Å²) in [5.41, 5.74) is 0.591. The standard InChI is InChI=1S/C12H14ClN3O2/c1-7(2)10(17)5-11-15-12(16-18-11)9-4-3-8(13)6-14-9/h3-4,6-7,10,17H,5H2,1-2H3. The summed E-state index contributed by atoms with van der Waals surface area (Å²) >= 11 is 5.75. The van der Waals surface area contributed by atoms with Gasteiger partial charge in [-0.05, 0) is 18.1 Å². The zero-order chi connectivity index (χ0) is 13.1. The van der Waals surface area contributed by atoms with Gasteiger partial charge in [0.2, 0.25) is 11.7 Å². The minimum atomic E-state index is -0.489. The van der Waals surface area contributed by atoms with Crippen molar-refractivity contribution in [2.45, 2.75) is 26.4 Å². The van der Waals surface area contributed by atoms with Crippen molar-refractivity contribution in [3.05, 3.63) is 29.2 Å². The van der Waals surface area contributed by atoms with Gasteiger partial charge in [0.15, 0.2) is 0 Å². The first-order chi connectivity index (χ1) is 8.56. The van der Waals surface area contributed by atoms with Crippen LogP contribution >= 0.6 is 11.6 Å². The van der Waals surface area contributed by atoms with E-state index in [4.69, 9.17) is 16.1 Å². The summed E-state index contributed by atoms with van der Waals surface area (Å²) in [5, 5.41) is 14.1. The molecule has 18 heavy (non-hydrogen) atoms. The SMILES string of the molecule is CC(C)C(O)Cc1nc(-c2ccc(Cl)cn2)no1. The minimum Gasteiger partial charge on any atom is -0.392 e. The Morgan fingerprint density at radius 3 is 2.78 bits per heavy atom. The molecule has 0 saturated heterocycles. The van der Waals surface area contributed by atoms with E-state index >= 15 is 0 Å². The quantitative estimate of drug-likeness (QED) is 0.921. The zero-order valence-electron chi connectivity index (χ0n) is 10.2. The number of pyridine rings is 1. The van der Waals surface area contributed by atoms with Crippen LogP contribution in [-0.2, 0) is 6.42 Å². The molecule has 2 rings (SSSR count). The normalized spacial score (nSPS) is 12.9. The first-order valence-electron chi connectivity index (χ1n) is 5.69. The Balaban J connectivity index is 2.13. The molecule has 6 heteroatoms. The van der Waals surface area contributed by atoms with Crippen molar-refractivity contribution < 1.29 is 9.63 Å². The van der Waals surface area contributed by atoms with Crippen LogP contribution in [-0.4, -0.2) is 26.3 Å². The Bertz CT molecular complexity index is 510. The number of rotatable bonds is 4. The molecule has 0 bridgehead atoms. The van der Waals surface area contributed by atoms with Crippen molar-refractivity contribution >= 4 is 11.6 Å². The lowest BCUT2D eigenvalue weighted by molar-refractivity contribution is 0.116. The fourth-order valence-corrected chi connectivity index (χ4v) is 1.48. The second-order valence-electron chi connectivity index (χ2n) is 4.39. The lowest BCUT2D eigenvalue weighted by Gasteiger charge is -2.10. The number of aromatic nitrogens is 3. The molecule has 2 aromatic heterocycles. The van der Waals surface area contributed by atoms with Crippen molar-refractivity contribution in [3.63, 3.8) is 0 Å². The van der Waals surface area contributed by atoms with Crippen molar-refractivity contribution in [1.82, 2.24) is 15.1 Å². The Morgan fingerprint density at radius 2 is 2.17 bits per heavy atom. The van der Waals surface area contributed by atoms with Crippen LogP contribution in [0.5, 0.6) is 0 Å². The van der Waals surface area contributed by atoms with Crippen molar-refractivity contribution in [1.29, 1.82) is 0 Å². The number of aliphatic hydroxyl groups excluding tert-OH is 1. The van der Waals surface area contributed by atoms with E-state index in [-0.39, 0.29) is 5.92 Å². The number of nitrogens with zero attached hydrogens (tertiary/aromatic N) is 3. The monoisotopic (exact) mass is 267 g/mol. The van der Waals surface area contributed by atoms with Crippen LogP contribution < -0.4 is 0 Å². The van der Waals surface area contributed by atoms with Crippen molar-refractivity contribution in [2.75, 3.05) is 0 Å². The van der Waals surface area contributed by atoms with Crippen molar-refractivity contribution in [3.8, 4) is 11.5 Å². The average molecular weight is 268 g/mol. The summed E-state index contributed by atoms with van der Waals surface area (Å²) < 4.78 is 5.08. The number of aliphatic hydroxyl groups is 1. The van der Waals surface area contributed by atoms with Gasteiger partial charge in [-0.2, -0.15) is 4.98 Å². The highest BCUT2D eigenvalue weighted by molar-refractivity contribution is 6.30. The molecule has 1 unspecified atom stereocenters. The van der Waals surface area contributed by atoms with E-state index in [0.717, 1.165) is 0 Å². The molecule has 0 aliphatic heterocycles. The largest absolute Gasteiger partial charge is 0.392 e. The van der Waals surface area contributed by atoms with Crippen LogP contribution in [0.4, 0.5) is 0 Å². The van der Waals surface area contributed by atoms with Gasteiger partial charge in [-0.15, -0.1) is 0 Å². The Labute approximate surface area is 110 Å². The summed E-state index contributed by atoms with van der Waals surface area (Å²) in [6.07, 6.45) is 1.38. The molecule has 1 atom stereocenters. The average Bonchev–Trinajstić information content (AvgIpc) is 2.78. The molecule has 2 heterocycles. The third-order valence-corrected chi connectivity index (χ3v) is 2.80. The zero-order valence-corrected chi connectivity index (χ0v) is 10.9. The van der Waals surface area contributed by atoms with Gasteiger partial charge in [0.05, 0.1) is 17.5 Å². The van der Waals surface area contributed by atoms with Crippen LogP contribution in [0.25, 0.3) is 11.5 Å². The van der Waals surface area contributed by atoms with Crippen LogP contribution in [0.15, 0.2) is 22.9 Å². The van der Waals surface area contributed by atoms with Gasteiger partial charge < -0.3 is 9.63 Å². The molecule has 0 spiro atoms. The topological polar surface area (TPSA) is 72.0 Å². The molecular weight excluding hydrogens is 254 g/mol. The highest BCUT2D eigenvalue weighted by Gasteiger charge is 2.16. The van der Waals surface area contributed by atoms with E-state index in [1.54, 1.807) is 12.1 Å². The molecule has 96 valence electrons. The highest BCUT2D eigenvalue weighted by atomic mass is 35.5. The third kappa shape index (κ3) is 3.05. The summed E-state index contributed by atoms with van der Waals surface area (Å²) in [4.78, 5) is 8.29. The van der Waals surface area contributed by atoms with Gasteiger partial charge in [0.1, 0.15) is 5.69 Å². The first kappa shape index (κ1) is 13.0. The van der Waals surface area contributed by atoms with Crippen LogP contribution in [0.3, 0.4) is 0 Å². The van der Waals surface area contributed by atoms with Crippen LogP contribution in [0.2, 0.25) is 5.02 Å². The van der Waals surface area contributed by atoms with E-state index < -0.39 is 6.10 Å². The molecule has 1 N–H and O–H groups in total. The lowest BCUT2D eigenvalue weighted by atomic mass is 10.0. The van der Waals surface area contributed by atoms with Gasteiger partial charge in [0.25, 0.3) is 0 Å². The molecule has 0 amide bonds. The maximum atomic E-state index is 9.74. The van der Waals surface area contributed by atoms with Crippen molar-refractivity contribution in [2.24, 2.45) is 5.92 Å². The lowest BCUT2D eigenvalue weighted by Crippen LogP contribution is -2.17. The van der Waals surface area contributed by atoms with Gasteiger partial charge in [-0.1, -0.05) is 30.6 Å². The first-order valence-corrected chi connectivity index (χ1v) is 6.06. The van der Waals surface area contributed by atoms with Gasteiger partial charge in [0, 0.05) is 6.20 Å². The molecule has 2 aromatic rings. The number of hydrogen-bond donors (Lipinski definition) is 1. The Morgan fingerprint density at radius 1 is 1.39 bits per heavy atom. The molecule has 0 aliphatic carbocycles. The predicted octanol–water partition coefficient (Wildman–Crippen LogP) is 2.34. The molecule has 5 nitrogen and oxygen atoms in total. The maximum absolute atomic E-state index is 9.74. The summed E-state index contributed by atoms with van der Waals surface area (Å²) in [5.74, 6) is 0.953. The summed E-state index contributed by atoms with van der Waals surface area (Å²) in [6, 6.07) is 3.43. The number of hydrogen-bond acceptors (Lipinski definition) is 5. The summed E-state index contributed by atoms with van der Waals surface area (Å²) in [7, 11) is 0. The fourth-order valence-electron chi connectivity index (χ4n) is 1.36. The van der Waals surface area contributed by atoms with Gasteiger partial charge in [-0.25, -0.2) is 0 Å². The molecule has 0 fully saturated rings. The molecule has 0 saturated carbocycles. The smallest absolute Gasteiger partial charge is 0.229 e. The van der Waals surface area contributed by atoms with E-state index in [2.05, 4.69) is 15.1 Å². The fraction of sp³-hybridized carbons (Fsp3) is 0.417. The van der Waals surface area contributed by atoms with E-state index in [1.807, 2.05) is 13.8 Å². The molecule has 0 aromatic carbocycles. The maximum Gasteiger partial charge on any atom is 0.229 e. The second-order valence-corrected chi connectivity index (χ2v) is 4.83. The Kier molecular flexibility index (Phi) is 3.93. The highest BCUT2D eigenvalue weighted by Crippen LogP contribution is 2.16. The Hall–Kier alpha value is -1.46. The van der Waals surface area contributed by atoms with Gasteiger partial charge in [-0.3, -0.25) is 4.98 Å². The van der Waals surface area contributed by atoms with Crippen LogP contribution in [0.1, 0.15) is 19.7 Å². The second kappa shape index (κ2) is 5.46. The molecule has 0 aliphatic rings. The van der Waals surface area contributed by atoms with E-state index in [9.17, 15) is 5.11 Å². The minimum absolute atomic E-state index is 0.147. The third-order valence-electron chi connectivity index (χ3n) is 2.58. The van der Waals surface area contributed by atoms with E-state index in [0.29, 0.717) is 28.9 Å².